The third kappa shape index (κ3) is 7.50. The molecule has 0 bridgehead atoms. The number of rotatable bonds is 14. The van der Waals surface area contributed by atoms with Gasteiger partial charge in [0.05, 0.1) is 12.5 Å². The molecule has 1 atom stereocenters. The fraction of sp³-hybridized carbons (Fsp3) is 0.800. The van der Waals surface area contributed by atoms with Crippen LogP contribution >= 0.6 is 0 Å². The Morgan fingerprint density at radius 1 is 1.08 bits per heavy atom. The normalized spacial score (nSPS) is 12.5. The predicted molar refractivity (Wildman–Crippen MR) is 98.0 cm³/mol. The minimum Gasteiger partial charge on any atom is -0.481 e. The summed E-state index contributed by atoms with van der Waals surface area (Å²) in [7, 11) is 0. The number of nitrogens with zero attached hydrogens (tertiary/aromatic N) is 2. The van der Waals surface area contributed by atoms with Gasteiger partial charge in [0.2, 0.25) is 0 Å². The van der Waals surface area contributed by atoms with Crippen LogP contribution in [0.2, 0.25) is 0 Å². The Morgan fingerprint density at radius 2 is 1.71 bits per heavy atom. The molecule has 4 nitrogen and oxygen atoms in total. The summed E-state index contributed by atoms with van der Waals surface area (Å²) >= 11 is 0. The van der Waals surface area contributed by atoms with Gasteiger partial charge >= 0.3 is 5.97 Å². The minimum absolute atomic E-state index is 0.343. The summed E-state index contributed by atoms with van der Waals surface area (Å²) in [4.78, 5) is 11.1. The van der Waals surface area contributed by atoms with Gasteiger partial charge in [0.25, 0.3) is 5.82 Å². The standard InChI is InChI=1S/C20H36N2O2/c1-4-6-7-8-9-10-11-12-13-19-21(14-5-2)15-16-22(19)17-18(3)20(23)24/h15-16,18H,4-14,17H2,1-3H3/p+1. The SMILES string of the molecule is CCCCCCCCCCc1n(CCC)cc[n+]1CC(C)C(=O)O. The average Bonchev–Trinajstić information content (AvgIpc) is 2.92. The predicted octanol–water partition coefficient (Wildman–Crippen LogP) is 4.59. The van der Waals surface area contributed by atoms with Gasteiger partial charge in [0.15, 0.2) is 0 Å². The van der Waals surface area contributed by atoms with Gasteiger partial charge in [-0.3, -0.25) is 4.79 Å². The summed E-state index contributed by atoms with van der Waals surface area (Å²) in [6.07, 6.45) is 16.9. The lowest BCUT2D eigenvalue weighted by Gasteiger charge is -2.08. The maximum Gasteiger partial charge on any atom is 0.310 e. The highest BCUT2D eigenvalue weighted by Crippen LogP contribution is 2.11. The molecule has 0 radical (unpaired) electrons. The zero-order valence-corrected chi connectivity index (χ0v) is 16.0. The van der Waals surface area contributed by atoms with Crippen LogP contribution in [-0.2, 0) is 24.3 Å². The molecule has 0 aliphatic carbocycles. The maximum absolute atomic E-state index is 11.1. The van der Waals surface area contributed by atoms with Crippen molar-refractivity contribution in [3.63, 3.8) is 0 Å². The largest absolute Gasteiger partial charge is 0.481 e. The van der Waals surface area contributed by atoms with Crippen LogP contribution in [0, 0.1) is 5.92 Å². The molecule has 1 rings (SSSR count). The molecule has 0 amide bonds. The summed E-state index contributed by atoms with van der Waals surface area (Å²) in [6.45, 7) is 7.81. The van der Waals surface area contributed by atoms with Gasteiger partial charge < -0.3 is 5.11 Å². The molecule has 0 saturated heterocycles. The van der Waals surface area contributed by atoms with Gasteiger partial charge in [-0.2, -0.15) is 0 Å². The Balaban J connectivity index is 2.45. The first-order chi connectivity index (χ1) is 11.6. The van der Waals surface area contributed by atoms with Crippen molar-refractivity contribution in [1.82, 2.24) is 4.57 Å². The Morgan fingerprint density at radius 3 is 2.29 bits per heavy atom. The Kier molecular flexibility index (Phi) is 10.4. The van der Waals surface area contributed by atoms with Crippen molar-refractivity contribution in [2.45, 2.75) is 98.1 Å². The summed E-state index contributed by atoms with van der Waals surface area (Å²) in [5, 5.41) is 9.16. The summed E-state index contributed by atoms with van der Waals surface area (Å²) in [6, 6.07) is 0. The second-order valence-electron chi connectivity index (χ2n) is 7.02. The van der Waals surface area contributed by atoms with E-state index in [0.717, 1.165) is 19.4 Å². The van der Waals surface area contributed by atoms with Crippen LogP contribution in [0.1, 0.15) is 84.4 Å². The molecule has 0 aromatic carbocycles. The first-order valence-electron chi connectivity index (χ1n) is 9.90. The molecular weight excluding hydrogens is 300 g/mol. The van der Waals surface area contributed by atoms with Crippen molar-refractivity contribution in [2.75, 3.05) is 0 Å². The van der Waals surface area contributed by atoms with E-state index in [1.807, 2.05) is 0 Å². The fourth-order valence-electron chi connectivity index (χ4n) is 3.19. The zero-order valence-electron chi connectivity index (χ0n) is 16.0. The van der Waals surface area contributed by atoms with Crippen LogP contribution in [0.4, 0.5) is 0 Å². The number of aromatic nitrogens is 2. The van der Waals surface area contributed by atoms with Crippen LogP contribution in [0.5, 0.6) is 0 Å². The molecule has 4 heteroatoms. The maximum atomic E-state index is 11.1. The van der Waals surface area contributed by atoms with E-state index in [-0.39, 0.29) is 5.92 Å². The van der Waals surface area contributed by atoms with E-state index in [1.54, 1.807) is 6.92 Å². The van der Waals surface area contributed by atoms with Gasteiger partial charge in [-0.1, -0.05) is 58.8 Å². The molecule has 0 aliphatic heterocycles. The second kappa shape index (κ2) is 12.1. The van der Waals surface area contributed by atoms with Crippen LogP contribution in [-0.4, -0.2) is 15.6 Å². The van der Waals surface area contributed by atoms with Gasteiger partial charge in [-0.25, -0.2) is 9.13 Å². The van der Waals surface area contributed by atoms with Crippen molar-refractivity contribution in [1.29, 1.82) is 0 Å². The molecule has 24 heavy (non-hydrogen) atoms. The molecule has 1 aromatic rings. The zero-order chi connectivity index (χ0) is 17.8. The van der Waals surface area contributed by atoms with Crippen molar-refractivity contribution in [2.24, 2.45) is 5.92 Å². The number of hydrogen-bond acceptors (Lipinski definition) is 1. The number of carboxylic acids is 1. The van der Waals surface area contributed by atoms with Gasteiger partial charge in [-0.05, 0) is 19.8 Å². The van der Waals surface area contributed by atoms with E-state index in [2.05, 4.69) is 35.4 Å². The number of aliphatic carboxylic acids is 1. The number of imidazole rings is 1. The van der Waals surface area contributed by atoms with E-state index in [1.165, 1.54) is 57.2 Å². The molecule has 0 saturated carbocycles. The number of unbranched alkanes of at least 4 members (excludes halogenated alkanes) is 7. The topological polar surface area (TPSA) is 46.1 Å². The van der Waals surface area contributed by atoms with Gasteiger partial charge in [-0.15, -0.1) is 0 Å². The number of aryl methyl sites for hydroxylation is 1. The van der Waals surface area contributed by atoms with Crippen molar-refractivity contribution in [3.05, 3.63) is 18.2 Å². The van der Waals surface area contributed by atoms with Crippen LogP contribution in [0.3, 0.4) is 0 Å². The Labute approximate surface area is 147 Å². The highest BCUT2D eigenvalue weighted by molar-refractivity contribution is 5.69. The van der Waals surface area contributed by atoms with Crippen LogP contribution in [0.25, 0.3) is 0 Å². The number of hydrogen-bond donors (Lipinski definition) is 1. The molecule has 0 aliphatic rings. The first-order valence-corrected chi connectivity index (χ1v) is 9.90. The van der Waals surface area contributed by atoms with E-state index in [0.29, 0.717) is 6.54 Å². The molecule has 1 N–H and O–H groups in total. The number of carbonyl (C=O) groups is 1. The third-order valence-electron chi connectivity index (χ3n) is 4.70. The highest BCUT2D eigenvalue weighted by Gasteiger charge is 2.21. The molecule has 0 fully saturated rings. The van der Waals surface area contributed by atoms with E-state index in [4.69, 9.17) is 5.11 Å². The summed E-state index contributed by atoms with van der Waals surface area (Å²) in [5.41, 5.74) is 0. The molecule has 138 valence electrons. The Bertz CT molecular complexity index is 468. The second-order valence-corrected chi connectivity index (χ2v) is 7.02. The highest BCUT2D eigenvalue weighted by atomic mass is 16.4. The van der Waals surface area contributed by atoms with E-state index >= 15 is 0 Å². The first kappa shape index (κ1) is 20.7. The monoisotopic (exact) mass is 337 g/mol. The minimum atomic E-state index is -0.719. The van der Waals surface area contributed by atoms with Crippen LogP contribution in [0.15, 0.2) is 12.4 Å². The fourth-order valence-corrected chi connectivity index (χ4v) is 3.19. The van der Waals surface area contributed by atoms with Gasteiger partial charge in [0, 0.05) is 6.42 Å². The van der Waals surface area contributed by atoms with Crippen molar-refractivity contribution in [3.8, 4) is 0 Å². The van der Waals surface area contributed by atoms with Crippen LogP contribution < -0.4 is 4.57 Å². The Hall–Kier alpha value is -1.32. The smallest absolute Gasteiger partial charge is 0.310 e. The van der Waals surface area contributed by atoms with Crippen molar-refractivity contribution >= 4 is 5.97 Å². The quantitative estimate of drug-likeness (QED) is 0.399. The summed E-state index contributed by atoms with van der Waals surface area (Å²) < 4.78 is 4.45. The van der Waals surface area contributed by atoms with Crippen molar-refractivity contribution < 1.29 is 14.5 Å². The molecule has 1 heterocycles. The lowest BCUT2D eigenvalue weighted by molar-refractivity contribution is -0.707. The van der Waals surface area contributed by atoms with Gasteiger partial charge in [0.1, 0.15) is 18.9 Å². The number of carboxylic acid groups (broad SMARTS) is 1. The molecule has 0 spiro atoms. The molecule has 1 aromatic heterocycles. The van der Waals surface area contributed by atoms with E-state index < -0.39 is 5.97 Å². The lowest BCUT2D eigenvalue weighted by atomic mass is 10.1. The third-order valence-corrected chi connectivity index (χ3v) is 4.70. The molecular formula is C20H37N2O2+. The molecule has 1 unspecified atom stereocenters. The van der Waals surface area contributed by atoms with E-state index in [9.17, 15) is 4.79 Å². The average molecular weight is 338 g/mol. The lowest BCUT2D eigenvalue weighted by Crippen LogP contribution is -2.41. The summed E-state index contributed by atoms with van der Waals surface area (Å²) in [5.74, 6) is 0.226.